The van der Waals surface area contributed by atoms with Crippen LogP contribution in [0.25, 0.3) is 0 Å². The van der Waals surface area contributed by atoms with Crippen LogP contribution in [0.2, 0.25) is 0 Å². The summed E-state index contributed by atoms with van der Waals surface area (Å²) >= 11 is 0. The molecule has 0 bridgehead atoms. The van der Waals surface area contributed by atoms with Crippen LogP contribution in [0.3, 0.4) is 0 Å². The van der Waals surface area contributed by atoms with Gasteiger partial charge in [0.2, 0.25) is 5.91 Å². The Bertz CT molecular complexity index is 411. The molecule has 1 fully saturated rings. The van der Waals surface area contributed by atoms with Crippen LogP contribution < -0.4 is 10.6 Å². The first-order valence-electron chi connectivity index (χ1n) is 7.44. The average Bonchev–Trinajstić information content (AvgIpc) is 2.52. The highest BCUT2D eigenvalue weighted by Crippen LogP contribution is 2.17. The maximum atomic E-state index is 11.8. The lowest BCUT2D eigenvalue weighted by molar-refractivity contribution is -0.121. The van der Waals surface area contributed by atoms with Gasteiger partial charge in [-0.1, -0.05) is 24.3 Å². The molecule has 1 aromatic rings. The molecule has 4 nitrogen and oxygen atoms in total. The van der Waals surface area contributed by atoms with Gasteiger partial charge in [-0.3, -0.25) is 4.79 Å². The monoisotopic (exact) mass is 276 g/mol. The summed E-state index contributed by atoms with van der Waals surface area (Å²) in [6.45, 7) is 2.80. The quantitative estimate of drug-likeness (QED) is 0.739. The van der Waals surface area contributed by atoms with E-state index < -0.39 is 0 Å². The Kier molecular flexibility index (Phi) is 6.02. The number of hydrogen-bond acceptors (Lipinski definition) is 3. The number of piperidine rings is 1. The highest BCUT2D eigenvalue weighted by atomic mass is 16.3. The summed E-state index contributed by atoms with van der Waals surface area (Å²) in [4.78, 5) is 11.8. The van der Waals surface area contributed by atoms with Crippen LogP contribution in [0.4, 0.5) is 0 Å². The Morgan fingerprint density at radius 3 is 2.50 bits per heavy atom. The highest BCUT2D eigenvalue weighted by molar-refractivity contribution is 5.75. The Hall–Kier alpha value is -1.39. The van der Waals surface area contributed by atoms with E-state index in [9.17, 15) is 4.79 Å². The van der Waals surface area contributed by atoms with Gasteiger partial charge in [0, 0.05) is 13.0 Å². The number of amides is 1. The lowest BCUT2D eigenvalue weighted by Gasteiger charge is -2.22. The zero-order chi connectivity index (χ0) is 14.2. The minimum absolute atomic E-state index is 0.0584. The molecule has 0 spiro atoms. The third-order valence-corrected chi connectivity index (χ3v) is 3.93. The van der Waals surface area contributed by atoms with Crippen molar-refractivity contribution in [2.45, 2.75) is 38.8 Å². The van der Waals surface area contributed by atoms with Gasteiger partial charge in [0.05, 0.1) is 6.61 Å². The first-order chi connectivity index (χ1) is 9.78. The molecular weight excluding hydrogens is 252 g/mol. The third kappa shape index (κ3) is 4.94. The molecule has 2 rings (SSSR count). The van der Waals surface area contributed by atoms with Gasteiger partial charge in [0.1, 0.15) is 0 Å². The predicted octanol–water partition coefficient (Wildman–Crippen LogP) is 1.57. The van der Waals surface area contributed by atoms with Gasteiger partial charge >= 0.3 is 0 Å². The number of carbonyl (C=O) groups excluding carboxylic acids is 1. The fraction of sp³-hybridized carbons (Fsp3) is 0.562. The molecule has 1 heterocycles. The Morgan fingerprint density at radius 2 is 1.85 bits per heavy atom. The van der Waals surface area contributed by atoms with Gasteiger partial charge in [0.25, 0.3) is 0 Å². The van der Waals surface area contributed by atoms with Gasteiger partial charge in [-0.15, -0.1) is 0 Å². The fourth-order valence-corrected chi connectivity index (χ4v) is 2.56. The molecule has 1 amide bonds. The smallest absolute Gasteiger partial charge is 0.220 e. The zero-order valence-corrected chi connectivity index (χ0v) is 11.9. The second-order valence-corrected chi connectivity index (χ2v) is 5.48. The van der Waals surface area contributed by atoms with Crippen molar-refractivity contribution in [3.63, 3.8) is 0 Å². The summed E-state index contributed by atoms with van der Waals surface area (Å²) in [5.74, 6) is 0.834. The molecule has 1 aromatic carbocycles. The first-order valence-corrected chi connectivity index (χ1v) is 7.44. The number of aliphatic hydroxyl groups is 1. The van der Waals surface area contributed by atoms with Crippen molar-refractivity contribution < 1.29 is 9.90 Å². The summed E-state index contributed by atoms with van der Waals surface area (Å²) in [5.41, 5.74) is 1.96. The Balaban J connectivity index is 1.66. The molecule has 1 aliphatic rings. The predicted molar refractivity (Wildman–Crippen MR) is 79.0 cm³/mol. The van der Waals surface area contributed by atoms with Gasteiger partial charge in [-0.05, 0) is 49.4 Å². The summed E-state index contributed by atoms with van der Waals surface area (Å²) in [7, 11) is 0. The maximum Gasteiger partial charge on any atom is 0.220 e. The van der Waals surface area contributed by atoms with E-state index in [1.165, 1.54) is 12.8 Å². The maximum absolute atomic E-state index is 11.8. The minimum atomic E-state index is 0.0584. The summed E-state index contributed by atoms with van der Waals surface area (Å²) in [6, 6.07) is 7.66. The van der Waals surface area contributed by atoms with Crippen LogP contribution in [0.15, 0.2) is 24.3 Å². The SMILES string of the molecule is O=C(CCC1CCNCC1)NCc1ccc(CO)cc1. The van der Waals surface area contributed by atoms with Crippen molar-refractivity contribution in [1.29, 1.82) is 0 Å². The lowest BCUT2D eigenvalue weighted by atomic mass is 9.93. The molecule has 0 aromatic heterocycles. The number of benzene rings is 1. The Labute approximate surface area is 120 Å². The second-order valence-electron chi connectivity index (χ2n) is 5.48. The van der Waals surface area contributed by atoms with Crippen LogP contribution in [0.5, 0.6) is 0 Å². The van der Waals surface area contributed by atoms with Crippen LogP contribution in [0, 0.1) is 5.92 Å². The van der Waals surface area contributed by atoms with Crippen molar-refractivity contribution in [3.05, 3.63) is 35.4 Å². The number of rotatable bonds is 6. The number of nitrogens with one attached hydrogen (secondary N) is 2. The van der Waals surface area contributed by atoms with Crippen LogP contribution in [0.1, 0.15) is 36.8 Å². The topological polar surface area (TPSA) is 61.4 Å². The molecule has 1 aliphatic heterocycles. The van der Waals surface area contributed by atoms with Gasteiger partial charge in [-0.25, -0.2) is 0 Å². The normalized spacial score (nSPS) is 16.1. The summed E-state index contributed by atoms with van der Waals surface area (Å²) < 4.78 is 0. The van der Waals surface area contributed by atoms with E-state index in [2.05, 4.69) is 10.6 Å². The molecule has 1 saturated heterocycles. The van der Waals surface area contributed by atoms with Crippen molar-refractivity contribution in [2.24, 2.45) is 5.92 Å². The second kappa shape index (κ2) is 8.02. The molecule has 110 valence electrons. The van der Waals surface area contributed by atoms with Gasteiger partial charge in [0.15, 0.2) is 0 Å². The van der Waals surface area contributed by atoms with Crippen molar-refractivity contribution >= 4 is 5.91 Å². The van der Waals surface area contributed by atoms with E-state index >= 15 is 0 Å². The van der Waals surface area contributed by atoms with Gasteiger partial charge < -0.3 is 15.7 Å². The van der Waals surface area contributed by atoms with E-state index in [-0.39, 0.29) is 12.5 Å². The summed E-state index contributed by atoms with van der Waals surface area (Å²) in [5, 5.41) is 15.3. The first kappa shape index (κ1) is 15.0. The zero-order valence-electron chi connectivity index (χ0n) is 11.9. The molecule has 4 heteroatoms. The van der Waals surface area contributed by atoms with E-state index in [1.54, 1.807) is 0 Å². The molecule has 0 radical (unpaired) electrons. The fourth-order valence-electron chi connectivity index (χ4n) is 2.56. The average molecular weight is 276 g/mol. The molecule has 0 aliphatic carbocycles. The van der Waals surface area contributed by atoms with E-state index in [0.29, 0.717) is 18.9 Å². The third-order valence-electron chi connectivity index (χ3n) is 3.93. The van der Waals surface area contributed by atoms with E-state index in [0.717, 1.165) is 30.6 Å². The highest BCUT2D eigenvalue weighted by Gasteiger charge is 2.14. The Morgan fingerprint density at radius 1 is 1.20 bits per heavy atom. The summed E-state index contributed by atoms with van der Waals surface area (Å²) in [6.07, 6.45) is 4.00. The molecule has 20 heavy (non-hydrogen) atoms. The van der Waals surface area contributed by atoms with E-state index in [4.69, 9.17) is 5.11 Å². The van der Waals surface area contributed by atoms with E-state index in [1.807, 2.05) is 24.3 Å². The molecular formula is C16H24N2O2. The van der Waals surface area contributed by atoms with Crippen LogP contribution in [-0.4, -0.2) is 24.1 Å². The number of hydrogen-bond donors (Lipinski definition) is 3. The molecule has 0 saturated carbocycles. The lowest BCUT2D eigenvalue weighted by Crippen LogP contribution is -2.29. The van der Waals surface area contributed by atoms with Crippen molar-refractivity contribution in [2.75, 3.05) is 13.1 Å². The van der Waals surface area contributed by atoms with Gasteiger partial charge in [-0.2, -0.15) is 0 Å². The standard InChI is InChI=1S/C16H24N2O2/c19-12-15-3-1-14(2-4-15)11-18-16(20)6-5-13-7-9-17-10-8-13/h1-4,13,17,19H,5-12H2,(H,18,20). The molecule has 3 N–H and O–H groups in total. The van der Waals surface area contributed by atoms with Crippen molar-refractivity contribution in [3.8, 4) is 0 Å². The number of carbonyl (C=O) groups is 1. The van der Waals surface area contributed by atoms with Crippen LogP contribution in [-0.2, 0) is 17.9 Å². The largest absolute Gasteiger partial charge is 0.392 e. The molecule has 0 atom stereocenters. The minimum Gasteiger partial charge on any atom is -0.392 e. The van der Waals surface area contributed by atoms with Crippen LogP contribution >= 0.6 is 0 Å². The number of aliphatic hydroxyl groups excluding tert-OH is 1. The van der Waals surface area contributed by atoms with Crippen molar-refractivity contribution in [1.82, 2.24) is 10.6 Å². The molecule has 0 unspecified atom stereocenters.